The van der Waals surface area contributed by atoms with E-state index in [0.717, 1.165) is 43.6 Å². The molecule has 2 heterocycles. The lowest BCUT2D eigenvalue weighted by molar-refractivity contribution is -0.121. The Labute approximate surface area is 174 Å². The number of hydrogen-bond donors (Lipinski definition) is 1. The van der Waals surface area contributed by atoms with Crippen molar-refractivity contribution in [1.82, 2.24) is 10.2 Å². The first kappa shape index (κ1) is 21.8. The van der Waals surface area contributed by atoms with Gasteiger partial charge in [-0.1, -0.05) is 33.1 Å². The largest absolute Gasteiger partial charge is 0.378 e. The number of nitrogens with one attached hydrogen (secondary N) is 1. The van der Waals surface area contributed by atoms with E-state index in [1.165, 1.54) is 12.8 Å². The molecular weight excluding hydrogens is 366 g/mol. The maximum absolute atomic E-state index is 13.0. The van der Waals surface area contributed by atoms with Crippen molar-refractivity contribution in [2.24, 2.45) is 5.92 Å². The summed E-state index contributed by atoms with van der Waals surface area (Å²) in [7, 11) is 0. The van der Waals surface area contributed by atoms with Crippen LogP contribution in [0.4, 0.5) is 5.69 Å². The van der Waals surface area contributed by atoms with E-state index in [1.807, 2.05) is 41.8 Å². The Kier molecular flexibility index (Phi) is 8.07. The van der Waals surface area contributed by atoms with Crippen LogP contribution < -0.4 is 10.2 Å². The molecule has 1 N–H and O–H groups in total. The predicted octanol–water partition coefficient (Wildman–Crippen LogP) is 3.20. The van der Waals surface area contributed by atoms with Crippen LogP contribution in [-0.4, -0.2) is 56.1 Å². The van der Waals surface area contributed by atoms with E-state index in [9.17, 15) is 9.59 Å². The fourth-order valence-corrected chi connectivity index (χ4v) is 4.01. The molecule has 3 rings (SSSR count). The molecule has 0 aliphatic carbocycles. The molecule has 6 heteroatoms. The number of morpholine rings is 1. The summed E-state index contributed by atoms with van der Waals surface area (Å²) in [6.07, 6.45) is 5.75. The van der Waals surface area contributed by atoms with Gasteiger partial charge in [0.1, 0.15) is 0 Å². The van der Waals surface area contributed by atoms with Gasteiger partial charge >= 0.3 is 0 Å². The van der Waals surface area contributed by atoms with Gasteiger partial charge in [0.25, 0.3) is 5.91 Å². The Bertz CT molecular complexity index is 699. The highest BCUT2D eigenvalue weighted by molar-refractivity contribution is 5.98. The number of carbonyl (C=O) groups excluding carboxylic acids is 2. The van der Waals surface area contributed by atoms with Crippen molar-refractivity contribution in [1.29, 1.82) is 0 Å². The van der Waals surface area contributed by atoms with Gasteiger partial charge in [0, 0.05) is 43.3 Å². The highest BCUT2D eigenvalue weighted by atomic mass is 16.5. The summed E-state index contributed by atoms with van der Waals surface area (Å²) in [6.45, 7) is 8.71. The molecule has 0 unspecified atom stereocenters. The molecular formula is C23H35N3O3. The van der Waals surface area contributed by atoms with E-state index >= 15 is 0 Å². The van der Waals surface area contributed by atoms with Crippen molar-refractivity contribution in [3.8, 4) is 0 Å². The Morgan fingerprint density at radius 3 is 2.48 bits per heavy atom. The topological polar surface area (TPSA) is 61.9 Å². The number of anilines is 1. The minimum atomic E-state index is -0.0571. The van der Waals surface area contributed by atoms with Crippen molar-refractivity contribution in [3.05, 3.63) is 29.3 Å². The van der Waals surface area contributed by atoms with E-state index < -0.39 is 0 Å². The Hall–Kier alpha value is -1.92. The molecule has 160 valence electrons. The van der Waals surface area contributed by atoms with Crippen LogP contribution in [0.2, 0.25) is 0 Å². The lowest BCUT2D eigenvalue weighted by Crippen LogP contribution is -2.41. The zero-order valence-corrected chi connectivity index (χ0v) is 17.9. The van der Waals surface area contributed by atoms with E-state index in [0.29, 0.717) is 38.4 Å². The standard InChI is InChI=1S/C23H35N3O3/c1-18(2)22(27)26-11-7-5-3-4-6-10-24-17-20-16-19(8-9-21(20)26)23(28)25-12-14-29-15-13-25/h8-9,16,18,24H,3-7,10-15,17H2,1-2H3. The summed E-state index contributed by atoms with van der Waals surface area (Å²) in [4.78, 5) is 29.7. The summed E-state index contributed by atoms with van der Waals surface area (Å²) in [5, 5.41) is 3.51. The molecule has 0 saturated carbocycles. The number of nitrogens with zero attached hydrogens (tertiary/aromatic N) is 2. The van der Waals surface area contributed by atoms with Crippen molar-refractivity contribution in [3.63, 3.8) is 0 Å². The van der Waals surface area contributed by atoms with Crippen molar-refractivity contribution >= 4 is 17.5 Å². The van der Waals surface area contributed by atoms with Gasteiger partial charge in [0.15, 0.2) is 0 Å². The lowest BCUT2D eigenvalue weighted by atomic mass is 10.0. The number of hydrogen-bond acceptors (Lipinski definition) is 4. The van der Waals surface area contributed by atoms with E-state index in [-0.39, 0.29) is 17.7 Å². The first-order chi connectivity index (χ1) is 14.1. The highest BCUT2D eigenvalue weighted by Crippen LogP contribution is 2.26. The third kappa shape index (κ3) is 5.80. The van der Waals surface area contributed by atoms with Gasteiger partial charge in [-0.05, 0) is 43.1 Å². The van der Waals surface area contributed by atoms with Crippen LogP contribution in [0.3, 0.4) is 0 Å². The summed E-state index contributed by atoms with van der Waals surface area (Å²) >= 11 is 0. The molecule has 0 aromatic heterocycles. The van der Waals surface area contributed by atoms with Crippen LogP contribution >= 0.6 is 0 Å². The molecule has 6 nitrogen and oxygen atoms in total. The molecule has 1 saturated heterocycles. The van der Waals surface area contributed by atoms with Gasteiger partial charge in [-0.25, -0.2) is 0 Å². The first-order valence-corrected chi connectivity index (χ1v) is 11.1. The van der Waals surface area contributed by atoms with Crippen LogP contribution in [0.5, 0.6) is 0 Å². The van der Waals surface area contributed by atoms with Crippen molar-refractivity contribution in [2.75, 3.05) is 44.3 Å². The van der Waals surface area contributed by atoms with Crippen molar-refractivity contribution in [2.45, 2.75) is 52.5 Å². The van der Waals surface area contributed by atoms with Crippen molar-refractivity contribution < 1.29 is 14.3 Å². The predicted molar refractivity (Wildman–Crippen MR) is 115 cm³/mol. The monoisotopic (exact) mass is 401 g/mol. The Morgan fingerprint density at radius 2 is 1.72 bits per heavy atom. The van der Waals surface area contributed by atoms with Gasteiger partial charge in [-0.3, -0.25) is 9.59 Å². The van der Waals surface area contributed by atoms with E-state index in [2.05, 4.69) is 5.32 Å². The molecule has 0 atom stereocenters. The smallest absolute Gasteiger partial charge is 0.254 e. The van der Waals surface area contributed by atoms with Crippen LogP contribution in [0.15, 0.2) is 18.2 Å². The Morgan fingerprint density at radius 1 is 1.00 bits per heavy atom. The third-order valence-corrected chi connectivity index (χ3v) is 5.73. The van der Waals surface area contributed by atoms with Crippen LogP contribution in [-0.2, 0) is 16.1 Å². The fourth-order valence-electron chi connectivity index (χ4n) is 4.01. The molecule has 0 bridgehead atoms. The number of benzene rings is 1. The highest BCUT2D eigenvalue weighted by Gasteiger charge is 2.24. The first-order valence-electron chi connectivity index (χ1n) is 11.1. The molecule has 29 heavy (non-hydrogen) atoms. The normalized spacial score (nSPS) is 19.3. The molecule has 0 radical (unpaired) electrons. The van der Waals surface area contributed by atoms with E-state index in [1.54, 1.807) is 0 Å². The van der Waals surface area contributed by atoms with Crippen LogP contribution in [0, 0.1) is 5.92 Å². The molecule has 1 aromatic carbocycles. The average molecular weight is 402 g/mol. The van der Waals surface area contributed by atoms with E-state index in [4.69, 9.17) is 4.74 Å². The zero-order valence-electron chi connectivity index (χ0n) is 17.9. The summed E-state index contributed by atoms with van der Waals surface area (Å²) in [5.41, 5.74) is 2.66. The maximum atomic E-state index is 13.0. The zero-order chi connectivity index (χ0) is 20.6. The molecule has 2 aliphatic heterocycles. The van der Waals surface area contributed by atoms with Gasteiger partial charge in [-0.2, -0.15) is 0 Å². The average Bonchev–Trinajstić information content (AvgIpc) is 2.74. The minimum Gasteiger partial charge on any atom is -0.378 e. The minimum absolute atomic E-state index is 0.0453. The van der Waals surface area contributed by atoms with Crippen LogP contribution in [0.25, 0.3) is 0 Å². The molecule has 2 aliphatic rings. The second-order valence-electron chi connectivity index (χ2n) is 8.34. The second-order valence-corrected chi connectivity index (χ2v) is 8.34. The van der Waals surface area contributed by atoms with Gasteiger partial charge in [-0.15, -0.1) is 0 Å². The maximum Gasteiger partial charge on any atom is 0.254 e. The van der Waals surface area contributed by atoms with Gasteiger partial charge in [0.2, 0.25) is 5.91 Å². The summed E-state index contributed by atoms with van der Waals surface area (Å²) in [5.74, 6) is 0.137. The molecule has 2 amide bonds. The second kappa shape index (κ2) is 10.7. The SMILES string of the molecule is CC(C)C(=O)N1CCCCCCCNCc2cc(C(=O)N3CCOCC3)ccc21. The summed E-state index contributed by atoms with van der Waals surface area (Å²) in [6, 6.07) is 5.83. The molecule has 0 spiro atoms. The number of fused-ring (bicyclic) bond motifs is 1. The number of carbonyl (C=O) groups is 2. The molecule has 1 aromatic rings. The van der Waals surface area contributed by atoms with Gasteiger partial charge in [0.05, 0.1) is 13.2 Å². The number of ether oxygens (including phenoxy) is 1. The van der Waals surface area contributed by atoms with Gasteiger partial charge < -0.3 is 19.9 Å². The number of rotatable bonds is 2. The molecule has 1 fully saturated rings. The number of amides is 2. The quantitative estimate of drug-likeness (QED) is 0.827. The van der Waals surface area contributed by atoms with Crippen LogP contribution in [0.1, 0.15) is 61.9 Å². The summed E-state index contributed by atoms with van der Waals surface area (Å²) < 4.78 is 5.37. The fraction of sp³-hybridized carbons (Fsp3) is 0.652. The lowest BCUT2D eigenvalue weighted by Gasteiger charge is -2.29. The Balaban J connectivity index is 1.90. The third-order valence-electron chi connectivity index (χ3n) is 5.73.